The highest BCUT2D eigenvalue weighted by atomic mass is 32.1. The van der Waals surface area contributed by atoms with Gasteiger partial charge in [-0.1, -0.05) is 31.1 Å². The van der Waals surface area contributed by atoms with Crippen LogP contribution in [0.2, 0.25) is 0 Å². The van der Waals surface area contributed by atoms with Crippen LogP contribution in [-0.4, -0.2) is 40.6 Å². The fraction of sp³-hybridized carbons (Fsp3) is 0.467. The summed E-state index contributed by atoms with van der Waals surface area (Å²) in [5, 5.41) is 10.1. The molecule has 0 saturated heterocycles. The Labute approximate surface area is 129 Å². The molecule has 2 rings (SSSR count). The molecule has 1 aromatic carbocycles. The zero-order valence-electron chi connectivity index (χ0n) is 12.0. The second-order valence-electron chi connectivity index (χ2n) is 5.19. The van der Waals surface area contributed by atoms with E-state index in [1.807, 2.05) is 0 Å². The third kappa shape index (κ3) is 3.44. The number of phenolic OH excluding ortho intramolecular Hbond substituents is 1. The lowest BCUT2D eigenvalue weighted by Crippen LogP contribution is -2.43. The molecule has 0 aromatic heterocycles. The summed E-state index contributed by atoms with van der Waals surface area (Å²) in [5.41, 5.74) is 5.84. The minimum Gasteiger partial charge on any atom is -0.504 e. The fourth-order valence-corrected chi connectivity index (χ4v) is 2.90. The number of ether oxygens (including phenoxy) is 1. The van der Waals surface area contributed by atoms with Crippen molar-refractivity contribution in [2.75, 3.05) is 13.7 Å². The highest BCUT2D eigenvalue weighted by Gasteiger charge is 2.29. The van der Waals surface area contributed by atoms with Gasteiger partial charge in [-0.2, -0.15) is 0 Å². The third-order valence-electron chi connectivity index (χ3n) is 3.80. The summed E-state index contributed by atoms with van der Waals surface area (Å²) in [4.78, 5) is 14.7. The van der Waals surface area contributed by atoms with E-state index in [-0.39, 0.29) is 40.5 Å². The normalized spacial score (nSPS) is 14.9. The zero-order valence-corrected chi connectivity index (χ0v) is 12.9. The van der Waals surface area contributed by atoms with Gasteiger partial charge in [0.05, 0.1) is 24.2 Å². The molecule has 5 nitrogen and oxygen atoms in total. The molecule has 1 fully saturated rings. The van der Waals surface area contributed by atoms with Gasteiger partial charge in [0.15, 0.2) is 11.5 Å². The number of rotatable bonds is 5. The van der Waals surface area contributed by atoms with Gasteiger partial charge < -0.3 is 20.5 Å². The molecule has 3 N–H and O–H groups in total. The maximum Gasteiger partial charge on any atom is 0.258 e. The lowest BCUT2D eigenvalue weighted by molar-refractivity contribution is 0.0711. The molecular weight excluding hydrogens is 288 g/mol. The minimum absolute atomic E-state index is 0.129. The van der Waals surface area contributed by atoms with Crippen LogP contribution >= 0.6 is 12.2 Å². The zero-order chi connectivity index (χ0) is 15.4. The van der Waals surface area contributed by atoms with Crippen molar-refractivity contribution in [3.8, 4) is 11.5 Å². The third-order valence-corrected chi connectivity index (χ3v) is 3.93. The SMILES string of the molecule is COc1cccc(C(=O)N(CC(N)=S)C2CCCC2)c1O. The first-order valence-electron chi connectivity index (χ1n) is 7.00. The van der Waals surface area contributed by atoms with Crippen molar-refractivity contribution in [1.82, 2.24) is 4.90 Å². The van der Waals surface area contributed by atoms with Crippen LogP contribution in [0.15, 0.2) is 18.2 Å². The van der Waals surface area contributed by atoms with Gasteiger partial charge in [-0.15, -0.1) is 0 Å². The molecule has 1 aliphatic rings. The molecule has 0 aliphatic heterocycles. The Balaban J connectivity index is 2.31. The number of para-hydroxylation sites is 1. The van der Waals surface area contributed by atoms with Gasteiger partial charge in [0.25, 0.3) is 5.91 Å². The number of benzene rings is 1. The Morgan fingerprint density at radius 2 is 2.14 bits per heavy atom. The number of phenols is 1. The quantitative estimate of drug-likeness (QED) is 0.815. The monoisotopic (exact) mass is 308 g/mol. The standard InChI is InChI=1S/C15H20N2O3S/c1-20-12-8-4-7-11(14(12)18)15(19)17(9-13(16)21)10-5-2-3-6-10/h4,7-8,10,18H,2-3,5-6,9H2,1H3,(H2,16,21). The number of hydrogen-bond donors (Lipinski definition) is 2. The topological polar surface area (TPSA) is 75.8 Å². The van der Waals surface area contributed by atoms with Gasteiger partial charge in [-0.05, 0) is 25.0 Å². The van der Waals surface area contributed by atoms with E-state index in [9.17, 15) is 9.90 Å². The molecule has 0 unspecified atom stereocenters. The summed E-state index contributed by atoms with van der Waals surface area (Å²) in [7, 11) is 1.45. The van der Waals surface area contributed by atoms with E-state index in [2.05, 4.69) is 0 Å². The highest BCUT2D eigenvalue weighted by molar-refractivity contribution is 7.80. The maximum atomic E-state index is 12.8. The molecule has 0 atom stereocenters. The number of thiocarbonyl (C=S) groups is 1. The van der Waals surface area contributed by atoms with Gasteiger partial charge in [0.1, 0.15) is 0 Å². The highest BCUT2D eigenvalue weighted by Crippen LogP contribution is 2.32. The Hall–Kier alpha value is -1.82. The van der Waals surface area contributed by atoms with E-state index in [0.717, 1.165) is 25.7 Å². The van der Waals surface area contributed by atoms with Crippen LogP contribution in [-0.2, 0) is 0 Å². The van der Waals surface area contributed by atoms with Crippen molar-refractivity contribution < 1.29 is 14.6 Å². The number of methoxy groups -OCH3 is 1. The predicted molar refractivity (Wildman–Crippen MR) is 84.7 cm³/mol. The van der Waals surface area contributed by atoms with Gasteiger partial charge in [-0.25, -0.2) is 0 Å². The van der Waals surface area contributed by atoms with Gasteiger partial charge in [0.2, 0.25) is 0 Å². The number of aromatic hydroxyl groups is 1. The second kappa shape index (κ2) is 6.76. The molecule has 0 bridgehead atoms. The number of hydrogen-bond acceptors (Lipinski definition) is 4. The van der Waals surface area contributed by atoms with E-state index < -0.39 is 0 Å². The molecule has 0 spiro atoms. The van der Waals surface area contributed by atoms with Crippen molar-refractivity contribution in [3.63, 3.8) is 0 Å². The lowest BCUT2D eigenvalue weighted by Gasteiger charge is -2.29. The smallest absolute Gasteiger partial charge is 0.258 e. The van der Waals surface area contributed by atoms with Gasteiger partial charge in [-0.3, -0.25) is 4.79 Å². The predicted octanol–water partition coefficient (Wildman–Crippen LogP) is 2.07. The van der Waals surface area contributed by atoms with Crippen molar-refractivity contribution >= 4 is 23.1 Å². The van der Waals surface area contributed by atoms with E-state index >= 15 is 0 Å². The van der Waals surface area contributed by atoms with Crippen LogP contribution in [0.4, 0.5) is 0 Å². The largest absolute Gasteiger partial charge is 0.504 e. The molecule has 1 amide bonds. The lowest BCUT2D eigenvalue weighted by atomic mass is 10.1. The van der Waals surface area contributed by atoms with Crippen LogP contribution in [0, 0.1) is 0 Å². The average molecular weight is 308 g/mol. The van der Waals surface area contributed by atoms with Crippen LogP contribution in [0.3, 0.4) is 0 Å². The van der Waals surface area contributed by atoms with E-state index in [1.54, 1.807) is 23.1 Å². The molecule has 21 heavy (non-hydrogen) atoms. The molecule has 0 heterocycles. The minimum atomic E-state index is -0.258. The van der Waals surface area contributed by atoms with E-state index in [1.165, 1.54) is 7.11 Å². The maximum absolute atomic E-state index is 12.8. The van der Waals surface area contributed by atoms with Crippen molar-refractivity contribution in [2.24, 2.45) is 5.73 Å². The second-order valence-corrected chi connectivity index (χ2v) is 5.72. The molecular formula is C15H20N2O3S. The summed E-state index contributed by atoms with van der Waals surface area (Å²) in [6, 6.07) is 5.00. The van der Waals surface area contributed by atoms with Crippen LogP contribution in [0.1, 0.15) is 36.0 Å². The van der Waals surface area contributed by atoms with Crippen LogP contribution in [0.25, 0.3) is 0 Å². The summed E-state index contributed by atoms with van der Waals surface area (Å²) in [6.07, 6.45) is 4.07. The Morgan fingerprint density at radius 3 is 2.71 bits per heavy atom. The van der Waals surface area contributed by atoms with E-state index in [0.29, 0.717) is 0 Å². The molecule has 1 aliphatic carbocycles. The summed E-state index contributed by atoms with van der Waals surface area (Å²) in [6.45, 7) is 0.232. The molecule has 1 saturated carbocycles. The molecule has 114 valence electrons. The Morgan fingerprint density at radius 1 is 1.48 bits per heavy atom. The van der Waals surface area contributed by atoms with Crippen LogP contribution in [0.5, 0.6) is 11.5 Å². The first-order valence-corrected chi connectivity index (χ1v) is 7.40. The van der Waals surface area contributed by atoms with Gasteiger partial charge in [0, 0.05) is 6.04 Å². The van der Waals surface area contributed by atoms with Crippen molar-refractivity contribution in [1.29, 1.82) is 0 Å². The van der Waals surface area contributed by atoms with Crippen LogP contribution < -0.4 is 10.5 Å². The Kier molecular flexibility index (Phi) is 5.01. The van der Waals surface area contributed by atoms with Gasteiger partial charge >= 0.3 is 0 Å². The number of nitrogens with two attached hydrogens (primary N) is 1. The molecule has 6 heteroatoms. The summed E-state index contributed by atoms with van der Waals surface area (Å²) >= 11 is 4.95. The molecule has 1 aromatic rings. The first-order chi connectivity index (χ1) is 10.0. The number of nitrogens with zero attached hydrogens (tertiary/aromatic N) is 1. The average Bonchev–Trinajstić information content (AvgIpc) is 2.98. The number of amides is 1. The first kappa shape index (κ1) is 15.6. The summed E-state index contributed by atoms with van der Waals surface area (Å²) < 4.78 is 5.05. The van der Waals surface area contributed by atoms with Crippen molar-refractivity contribution in [3.05, 3.63) is 23.8 Å². The summed E-state index contributed by atoms with van der Waals surface area (Å²) in [5.74, 6) is -0.121. The molecule has 0 radical (unpaired) electrons. The number of carbonyl (C=O) groups is 1. The fourth-order valence-electron chi connectivity index (χ4n) is 2.76. The Bertz CT molecular complexity index is 542. The number of carbonyl (C=O) groups excluding carboxylic acids is 1. The van der Waals surface area contributed by atoms with Crippen molar-refractivity contribution in [2.45, 2.75) is 31.7 Å². The van der Waals surface area contributed by atoms with E-state index in [4.69, 9.17) is 22.7 Å².